The van der Waals surface area contributed by atoms with Crippen molar-refractivity contribution in [3.63, 3.8) is 0 Å². The van der Waals surface area contributed by atoms with Crippen LogP contribution in [0.3, 0.4) is 0 Å². The third kappa shape index (κ3) is 3.24. The zero-order valence-corrected chi connectivity index (χ0v) is 11.3. The molecule has 94 valence electrons. The molecular formula is C16H25N. The normalized spacial score (nSPS) is 17.1. The summed E-state index contributed by atoms with van der Waals surface area (Å²) in [5.41, 5.74) is 4.24. The van der Waals surface area contributed by atoms with Crippen LogP contribution in [0.1, 0.15) is 50.2 Å². The van der Waals surface area contributed by atoms with Gasteiger partial charge in [0.2, 0.25) is 0 Å². The van der Waals surface area contributed by atoms with Crippen molar-refractivity contribution in [2.24, 2.45) is 5.92 Å². The summed E-state index contributed by atoms with van der Waals surface area (Å²) in [4.78, 5) is 0. The molecule has 0 aliphatic heterocycles. The van der Waals surface area contributed by atoms with E-state index in [-0.39, 0.29) is 0 Å². The van der Waals surface area contributed by atoms with E-state index in [9.17, 15) is 0 Å². The monoisotopic (exact) mass is 231 g/mol. The molecule has 0 atom stereocenters. The second-order valence-electron chi connectivity index (χ2n) is 5.35. The van der Waals surface area contributed by atoms with Crippen LogP contribution in [0.15, 0.2) is 18.2 Å². The topological polar surface area (TPSA) is 12.0 Å². The van der Waals surface area contributed by atoms with Gasteiger partial charge in [-0.25, -0.2) is 0 Å². The van der Waals surface area contributed by atoms with Gasteiger partial charge >= 0.3 is 0 Å². The van der Waals surface area contributed by atoms with E-state index in [0.717, 1.165) is 18.9 Å². The molecule has 0 saturated heterocycles. The number of hydrogen-bond acceptors (Lipinski definition) is 1. The van der Waals surface area contributed by atoms with Gasteiger partial charge in [-0.1, -0.05) is 44.4 Å². The molecular weight excluding hydrogens is 206 g/mol. The zero-order chi connectivity index (χ0) is 12.1. The molecule has 0 heterocycles. The Kier molecular flexibility index (Phi) is 4.47. The van der Waals surface area contributed by atoms with Gasteiger partial charge < -0.3 is 5.32 Å². The van der Waals surface area contributed by atoms with Crippen LogP contribution >= 0.6 is 0 Å². The number of aryl methyl sites for hydroxylation is 2. The van der Waals surface area contributed by atoms with Crippen LogP contribution in [0.5, 0.6) is 0 Å². The van der Waals surface area contributed by atoms with Crippen molar-refractivity contribution >= 4 is 5.69 Å². The fourth-order valence-electron chi connectivity index (χ4n) is 2.91. The van der Waals surface area contributed by atoms with E-state index in [2.05, 4.69) is 37.4 Å². The van der Waals surface area contributed by atoms with Crippen molar-refractivity contribution in [2.45, 2.75) is 52.4 Å². The van der Waals surface area contributed by atoms with E-state index in [1.807, 2.05) is 0 Å². The molecule has 1 aliphatic carbocycles. The lowest BCUT2D eigenvalue weighted by atomic mass is 9.89. The molecule has 0 radical (unpaired) electrons. The number of rotatable bonds is 4. The second kappa shape index (κ2) is 6.09. The summed E-state index contributed by atoms with van der Waals surface area (Å²) in [6.07, 6.45) is 8.26. The Morgan fingerprint density at radius 3 is 2.65 bits per heavy atom. The Balaban J connectivity index is 1.97. The average molecular weight is 231 g/mol. The molecule has 1 N–H and O–H groups in total. The summed E-state index contributed by atoms with van der Waals surface area (Å²) in [6.45, 7) is 5.61. The summed E-state index contributed by atoms with van der Waals surface area (Å²) in [7, 11) is 0. The number of hydrogen-bond donors (Lipinski definition) is 1. The maximum atomic E-state index is 3.70. The summed E-state index contributed by atoms with van der Waals surface area (Å²) >= 11 is 0. The van der Waals surface area contributed by atoms with E-state index < -0.39 is 0 Å². The average Bonchev–Trinajstić information content (AvgIpc) is 2.38. The molecule has 0 amide bonds. The number of para-hydroxylation sites is 1. The molecule has 1 heteroatoms. The Bertz CT molecular complexity index is 351. The molecule has 17 heavy (non-hydrogen) atoms. The van der Waals surface area contributed by atoms with Gasteiger partial charge in [-0.2, -0.15) is 0 Å². The smallest absolute Gasteiger partial charge is 0.0402 e. The van der Waals surface area contributed by atoms with E-state index in [0.29, 0.717) is 0 Å². The van der Waals surface area contributed by atoms with E-state index in [4.69, 9.17) is 0 Å². The largest absolute Gasteiger partial charge is 0.384 e. The quantitative estimate of drug-likeness (QED) is 0.801. The predicted molar refractivity (Wildman–Crippen MR) is 75.6 cm³/mol. The molecule has 1 aromatic rings. The van der Waals surface area contributed by atoms with Gasteiger partial charge in [-0.15, -0.1) is 0 Å². The van der Waals surface area contributed by atoms with Crippen molar-refractivity contribution in [2.75, 3.05) is 11.9 Å². The van der Waals surface area contributed by atoms with Crippen LogP contribution in [-0.4, -0.2) is 6.54 Å². The summed E-state index contributed by atoms with van der Waals surface area (Å²) in [6, 6.07) is 6.62. The Hall–Kier alpha value is -0.980. The standard InChI is InChI=1S/C16H25N/c1-3-15-11-7-8-13(2)16(15)17-12-14-9-5-4-6-10-14/h7-8,11,14,17H,3-6,9-10,12H2,1-2H3. The fraction of sp³-hybridized carbons (Fsp3) is 0.625. The van der Waals surface area contributed by atoms with Gasteiger partial charge in [0.25, 0.3) is 0 Å². The van der Waals surface area contributed by atoms with E-state index in [1.54, 1.807) is 0 Å². The van der Waals surface area contributed by atoms with Gasteiger partial charge in [0, 0.05) is 12.2 Å². The summed E-state index contributed by atoms with van der Waals surface area (Å²) < 4.78 is 0. The third-order valence-electron chi connectivity index (χ3n) is 4.03. The zero-order valence-electron chi connectivity index (χ0n) is 11.3. The van der Waals surface area contributed by atoms with Gasteiger partial charge in [-0.05, 0) is 43.2 Å². The van der Waals surface area contributed by atoms with Crippen molar-refractivity contribution in [3.05, 3.63) is 29.3 Å². The van der Waals surface area contributed by atoms with Crippen molar-refractivity contribution in [3.8, 4) is 0 Å². The highest BCUT2D eigenvalue weighted by Gasteiger charge is 2.13. The SMILES string of the molecule is CCc1cccc(C)c1NCC1CCCCC1. The predicted octanol–water partition coefficient (Wildman–Crippen LogP) is 4.55. The highest BCUT2D eigenvalue weighted by atomic mass is 14.9. The molecule has 1 aliphatic rings. The number of anilines is 1. The fourth-order valence-corrected chi connectivity index (χ4v) is 2.91. The summed E-state index contributed by atoms with van der Waals surface area (Å²) in [5, 5.41) is 3.70. The highest BCUT2D eigenvalue weighted by Crippen LogP contribution is 2.26. The van der Waals surface area contributed by atoms with E-state index >= 15 is 0 Å². The van der Waals surface area contributed by atoms with E-state index in [1.165, 1.54) is 48.9 Å². The molecule has 2 rings (SSSR count). The first kappa shape index (κ1) is 12.5. The molecule has 0 bridgehead atoms. The molecule has 0 spiro atoms. The van der Waals surface area contributed by atoms with Gasteiger partial charge in [0.15, 0.2) is 0 Å². The highest BCUT2D eigenvalue weighted by molar-refractivity contribution is 5.57. The first-order valence-electron chi connectivity index (χ1n) is 7.13. The van der Waals surface area contributed by atoms with Crippen molar-refractivity contribution in [1.29, 1.82) is 0 Å². The molecule has 1 nitrogen and oxygen atoms in total. The van der Waals surface area contributed by atoms with Crippen molar-refractivity contribution < 1.29 is 0 Å². The minimum absolute atomic E-state index is 0.896. The first-order valence-corrected chi connectivity index (χ1v) is 7.13. The minimum Gasteiger partial charge on any atom is -0.384 e. The van der Waals surface area contributed by atoms with Gasteiger partial charge in [0.1, 0.15) is 0 Å². The van der Waals surface area contributed by atoms with Crippen LogP contribution < -0.4 is 5.32 Å². The van der Waals surface area contributed by atoms with Crippen LogP contribution in [0.25, 0.3) is 0 Å². The Morgan fingerprint density at radius 2 is 1.94 bits per heavy atom. The third-order valence-corrected chi connectivity index (χ3v) is 4.03. The Morgan fingerprint density at radius 1 is 1.18 bits per heavy atom. The lowest BCUT2D eigenvalue weighted by molar-refractivity contribution is 0.373. The minimum atomic E-state index is 0.896. The first-order chi connectivity index (χ1) is 8.31. The van der Waals surface area contributed by atoms with Crippen LogP contribution in [0.4, 0.5) is 5.69 Å². The molecule has 1 fully saturated rings. The maximum Gasteiger partial charge on any atom is 0.0402 e. The van der Waals surface area contributed by atoms with Crippen LogP contribution in [0, 0.1) is 12.8 Å². The number of nitrogens with one attached hydrogen (secondary N) is 1. The van der Waals surface area contributed by atoms with Gasteiger partial charge in [-0.3, -0.25) is 0 Å². The number of benzene rings is 1. The van der Waals surface area contributed by atoms with Crippen molar-refractivity contribution in [1.82, 2.24) is 0 Å². The molecule has 1 saturated carbocycles. The van der Waals surface area contributed by atoms with Gasteiger partial charge in [0.05, 0.1) is 0 Å². The maximum absolute atomic E-state index is 3.70. The van der Waals surface area contributed by atoms with Crippen LogP contribution in [-0.2, 0) is 6.42 Å². The van der Waals surface area contributed by atoms with Crippen LogP contribution in [0.2, 0.25) is 0 Å². The second-order valence-corrected chi connectivity index (χ2v) is 5.35. The molecule has 0 aromatic heterocycles. The lowest BCUT2D eigenvalue weighted by Crippen LogP contribution is -2.18. The lowest BCUT2D eigenvalue weighted by Gasteiger charge is -2.23. The summed E-state index contributed by atoms with van der Waals surface area (Å²) in [5.74, 6) is 0.896. The molecule has 0 unspecified atom stereocenters. The molecule has 1 aromatic carbocycles. The Labute approximate surface area is 106 Å².